The number of hydrogen-bond acceptors (Lipinski definition) is 6. The van der Waals surface area contributed by atoms with E-state index in [9.17, 15) is 24.3 Å². The quantitative estimate of drug-likeness (QED) is 0.332. The maximum atomic E-state index is 13.9. The maximum Gasteiger partial charge on any atom is 0.310 e. The van der Waals surface area contributed by atoms with Crippen LogP contribution in [0.5, 0.6) is 0 Å². The van der Waals surface area contributed by atoms with Gasteiger partial charge in [-0.15, -0.1) is 0 Å². The van der Waals surface area contributed by atoms with Crippen LogP contribution in [0.4, 0.5) is 5.95 Å². The molecule has 222 valence electrons. The van der Waals surface area contributed by atoms with E-state index >= 15 is 0 Å². The van der Waals surface area contributed by atoms with Crippen molar-refractivity contribution >= 4 is 46.9 Å². The molecule has 2 amide bonds. The van der Waals surface area contributed by atoms with Crippen LogP contribution in [0.1, 0.15) is 66.6 Å². The number of aromatic nitrogens is 2. The third-order valence-electron chi connectivity index (χ3n) is 7.12. The number of halogens is 2. The summed E-state index contributed by atoms with van der Waals surface area (Å²) in [5.74, 6) is -1.37. The Kier molecular flexibility index (Phi) is 8.98. The molecule has 1 atom stereocenters. The SMILES string of the molecule is CC(C)Nc1nc2c(c(=O)n1-c1ccc(C(=O)NCC(C)(C)C(=O)O)cc1)C[C@@H](C)N(C(=O)c1ccc(Cl)c(Cl)c1)C2. The van der Waals surface area contributed by atoms with Crippen molar-refractivity contribution in [2.75, 3.05) is 11.9 Å². The number of carboxylic acids is 1. The summed E-state index contributed by atoms with van der Waals surface area (Å²) in [6, 6.07) is 10.8. The molecule has 10 nitrogen and oxygen atoms in total. The molecule has 3 N–H and O–H groups in total. The lowest BCUT2D eigenvalue weighted by Crippen LogP contribution is -2.46. The molecule has 0 saturated carbocycles. The molecule has 3 aromatic rings. The highest BCUT2D eigenvalue weighted by Gasteiger charge is 2.32. The third-order valence-corrected chi connectivity index (χ3v) is 7.86. The van der Waals surface area contributed by atoms with Crippen LogP contribution in [0.25, 0.3) is 5.69 Å². The van der Waals surface area contributed by atoms with Gasteiger partial charge in [0.1, 0.15) is 0 Å². The van der Waals surface area contributed by atoms with Crippen LogP contribution in [0.3, 0.4) is 0 Å². The molecule has 0 saturated heterocycles. The molecule has 1 aliphatic rings. The summed E-state index contributed by atoms with van der Waals surface area (Å²) in [5, 5.41) is 15.8. The van der Waals surface area contributed by atoms with E-state index in [1.807, 2.05) is 20.8 Å². The van der Waals surface area contributed by atoms with Crippen molar-refractivity contribution < 1.29 is 19.5 Å². The number of hydrogen-bond donors (Lipinski definition) is 3. The van der Waals surface area contributed by atoms with Crippen molar-refractivity contribution in [3.63, 3.8) is 0 Å². The van der Waals surface area contributed by atoms with E-state index in [1.54, 1.807) is 41.3 Å². The lowest BCUT2D eigenvalue weighted by molar-refractivity contribution is -0.146. The summed E-state index contributed by atoms with van der Waals surface area (Å²) in [7, 11) is 0. The molecule has 0 spiro atoms. The van der Waals surface area contributed by atoms with Crippen LogP contribution < -0.4 is 16.2 Å². The van der Waals surface area contributed by atoms with E-state index < -0.39 is 17.3 Å². The fourth-order valence-corrected chi connectivity index (χ4v) is 4.86. The number of nitrogens with one attached hydrogen (secondary N) is 2. The minimum absolute atomic E-state index is 0.0393. The summed E-state index contributed by atoms with van der Waals surface area (Å²) >= 11 is 12.2. The lowest BCUT2D eigenvalue weighted by Gasteiger charge is -2.34. The average Bonchev–Trinajstić information content (AvgIpc) is 2.93. The Morgan fingerprint density at radius 2 is 1.71 bits per heavy atom. The summed E-state index contributed by atoms with van der Waals surface area (Å²) in [6.07, 6.45) is 0.302. The first-order valence-electron chi connectivity index (χ1n) is 13.5. The van der Waals surface area contributed by atoms with Gasteiger partial charge >= 0.3 is 5.97 Å². The zero-order chi connectivity index (χ0) is 30.9. The first kappa shape index (κ1) is 31.1. The van der Waals surface area contributed by atoms with Crippen molar-refractivity contribution in [3.8, 4) is 5.69 Å². The average molecular weight is 615 g/mol. The first-order chi connectivity index (χ1) is 19.7. The summed E-state index contributed by atoms with van der Waals surface area (Å²) in [6.45, 7) is 8.88. The molecular weight excluding hydrogens is 581 g/mol. The molecule has 2 aromatic carbocycles. The fourth-order valence-electron chi connectivity index (χ4n) is 4.56. The molecule has 2 heterocycles. The highest BCUT2D eigenvalue weighted by molar-refractivity contribution is 6.42. The number of benzene rings is 2. The topological polar surface area (TPSA) is 134 Å². The standard InChI is InChI=1S/C30H33Cl2N5O5/c1-16(2)34-29-35-24-14-36(26(39)19-8-11-22(31)23(32)13-19)17(3)12-21(24)27(40)37(29)20-9-6-18(7-10-20)25(38)33-15-30(4,5)28(41)42/h6-11,13,16-17H,12,14-15H2,1-5H3,(H,33,38)(H,34,35)(H,41,42)/t17-/m1/s1. The van der Waals surface area contributed by atoms with Crippen LogP contribution in [-0.2, 0) is 17.8 Å². The number of fused-ring (bicyclic) bond motifs is 1. The molecule has 42 heavy (non-hydrogen) atoms. The zero-order valence-electron chi connectivity index (χ0n) is 24.0. The number of carbonyl (C=O) groups is 3. The Balaban J connectivity index is 1.66. The van der Waals surface area contributed by atoms with Gasteiger partial charge in [-0.05, 0) is 83.5 Å². The number of carboxylic acid groups (broad SMARTS) is 1. The van der Waals surface area contributed by atoms with Gasteiger partial charge in [-0.2, -0.15) is 0 Å². The van der Waals surface area contributed by atoms with Gasteiger partial charge in [0.15, 0.2) is 0 Å². The van der Waals surface area contributed by atoms with Gasteiger partial charge < -0.3 is 20.6 Å². The van der Waals surface area contributed by atoms with Gasteiger partial charge in [-0.3, -0.25) is 19.2 Å². The van der Waals surface area contributed by atoms with Crippen molar-refractivity contribution in [2.24, 2.45) is 5.41 Å². The van der Waals surface area contributed by atoms with Gasteiger partial charge in [0.2, 0.25) is 5.95 Å². The van der Waals surface area contributed by atoms with Gasteiger partial charge in [-0.25, -0.2) is 9.55 Å². The molecule has 1 aliphatic heterocycles. The second-order valence-corrected chi connectivity index (χ2v) is 12.1. The number of nitrogens with zero attached hydrogens (tertiary/aromatic N) is 3. The van der Waals surface area contributed by atoms with Crippen LogP contribution >= 0.6 is 23.2 Å². The fraction of sp³-hybridized carbons (Fsp3) is 0.367. The normalized spacial score (nSPS) is 14.9. The number of rotatable bonds is 8. The highest BCUT2D eigenvalue weighted by Crippen LogP contribution is 2.27. The minimum atomic E-state index is -1.12. The third kappa shape index (κ3) is 6.44. The van der Waals surface area contributed by atoms with E-state index in [0.29, 0.717) is 45.5 Å². The van der Waals surface area contributed by atoms with Crippen molar-refractivity contribution in [3.05, 3.63) is 85.2 Å². The van der Waals surface area contributed by atoms with E-state index in [-0.39, 0.29) is 41.7 Å². The van der Waals surface area contributed by atoms with Gasteiger partial charge in [-0.1, -0.05) is 23.2 Å². The number of amides is 2. The molecule has 0 bridgehead atoms. The number of anilines is 1. The lowest BCUT2D eigenvalue weighted by atomic mass is 9.94. The van der Waals surface area contributed by atoms with E-state index in [0.717, 1.165) is 0 Å². The van der Waals surface area contributed by atoms with E-state index in [4.69, 9.17) is 28.2 Å². The second-order valence-electron chi connectivity index (χ2n) is 11.3. The Bertz CT molecular complexity index is 1600. The van der Waals surface area contributed by atoms with Crippen LogP contribution in [0.15, 0.2) is 47.3 Å². The number of aliphatic carboxylic acids is 1. The minimum Gasteiger partial charge on any atom is -0.481 e. The summed E-state index contributed by atoms with van der Waals surface area (Å²) < 4.78 is 1.47. The van der Waals surface area contributed by atoms with Crippen LogP contribution in [0, 0.1) is 5.41 Å². The van der Waals surface area contributed by atoms with E-state index in [1.165, 1.54) is 24.5 Å². The molecular formula is C30H33Cl2N5O5. The molecule has 0 radical (unpaired) electrons. The largest absolute Gasteiger partial charge is 0.481 e. The smallest absolute Gasteiger partial charge is 0.310 e. The van der Waals surface area contributed by atoms with Crippen molar-refractivity contribution in [1.29, 1.82) is 0 Å². The molecule has 0 fully saturated rings. The molecule has 1 aromatic heterocycles. The monoisotopic (exact) mass is 613 g/mol. The van der Waals surface area contributed by atoms with E-state index in [2.05, 4.69) is 10.6 Å². The Morgan fingerprint density at radius 1 is 1.07 bits per heavy atom. The number of carbonyl (C=O) groups excluding carboxylic acids is 2. The van der Waals surface area contributed by atoms with Gasteiger partial charge in [0.25, 0.3) is 17.4 Å². The Labute approximate surface area is 253 Å². The van der Waals surface area contributed by atoms with Crippen LogP contribution in [0.2, 0.25) is 10.0 Å². The summed E-state index contributed by atoms with van der Waals surface area (Å²) in [4.78, 5) is 57.7. The zero-order valence-corrected chi connectivity index (χ0v) is 25.5. The Hall–Kier alpha value is -3.89. The van der Waals surface area contributed by atoms with Crippen LogP contribution in [-0.4, -0.2) is 56.0 Å². The molecule has 0 aliphatic carbocycles. The predicted octanol–water partition coefficient (Wildman–Crippen LogP) is 4.79. The molecule has 12 heteroatoms. The van der Waals surface area contributed by atoms with Crippen molar-refractivity contribution in [2.45, 2.75) is 59.7 Å². The first-order valence-corrected chi connectivity index (χ1v) is 14.2. The predicted molar refractivity (Wildman–Crippen MR) is 162 cm³/mol. The highest BCUT2D eigenvalue weighted by atomic mass is 35.5. The van der Waals surface area contributed by atoms with Gasteiger partial charge in [0, 0.05) is 35.3 Å². The molecule has 4 rings (SSSR count). The second kappa shape index (κ2) is 12.1. The van der Waals surface area contributed by atoms with Crippen molar-refractivity contribution in [1.82, 2.24) is 19.8 Å². The summed E-state index contributed by atoms with van der Waals surface area (Å²) in [5.41, 5.74) is 0.844. The maximum absolute atomic E-state index is 13.9. The van der Waals surface area contributed by atoms with Gasteiger partial charge in [0.05, 0.1) is 33.4 Å². The molecule has 0 unspecified atom stereocenters. The Morgan fingerprint density at radius 3 is 2.31 bits per heavy atom.